The highest BCUT2D eigenvalue weighted by Gasteiger charge is 2.65. The van der Waals surface area contributed by atoms with Crippen LogP contribution in [-0.4, -0.2) is 11.8 Å². The van der Waals surface area contributed by atoms with Crippen LogP contribution in [0.4, 0.5) is 0 Å². The molecule has 0 bridgehead atoms. The molecule has 1 heterocycles. The van der Waals surface area contributed by atoms with E-state index in [1.807, 2.05) is 13.0 Å². The van der Waals surface area contributed by atoms with E-state index >= 15 is 0 Å². The number of carbonyl (C=O) groups excluding carboxylic acids is 2. The zero-order valence-corrected chi connectivity index (χ0v) is 21.7. The van der Waals surface area contributed by atoms with E-state index in [4.69, 9.17) is 4.74 Å². The molecule has 0 aromatic rings. The van der Waals surface area contributed by atoms with E-state index in [-0.39, 0.29) is 27.6 Å². The van der Waals surface area contributed by atoms with Gasteiger partial charge < -0.3 is 4.74 Å². The summed E-state index contributed by atoms with van der Waals surface area (Å²) in [5.74, 6) is 3.01. The molecule has 7 unspecified atom stereocenters. The van der Waals surface area contributed by atoms with Crippen molar-refractivity contribution in [1.29, 1.82) is 0 Å². The average Bonchev–Trinajstić information content (AvgIpc) is 3.20. The van der Waals surface area contributed by atoms with E-state index in [0.29, 0.717) is 35.0 Å². The Hall–Kier alpha value is -1.64. The number of fused-ring (bicyclic) bond motifs is 5. The van der Waals surface area contributed by atoms with E-state index in [2.05, 4.69) is 53.7 Å². The molecule has 0 aromatic heterocycles. The van der Waals surface area contributed by atoms with Crippen molar-refractivity contribution in [2.24, 2.45) is 45.3 Å². The minimum absolute atomic E-state index is 0.208. The van der Waals surface area contributed by atoms with Gasteiger partial charge in [0, 0.05) is 17.4 Å². The third-order valence-corrected chi connectivity index (χ3v) is 11.6. The lowest BCUT2D eigenvalue weighted by Gasteiger charge is -2.63. The number of cyclic esters (lactones) is 1. The minimum atomic E-state index is -0.208. The van der Waals surface area contributed by atoms with Crippen LogP contribution in [0.25, 0.3) is 0 Å². The predicted octanol–water partition coefficient (Wildman–Crippen LogP) is 7.18. The molecule has 180 valence electrons. The number of carbonyl (C=O) groups is 2. The van der Waals surface area contributed by atoms with Crippen LogP contribution >= 0.6 is 0 Å². The molecule has 3 heteroatoms. The fourth-order valence-corrected chi connectivity index (χ4v) is 9.34. The van der Waals surface area contributed by atoms with Crippen molar-refractivity contribution in [3.8, 4) is 0 Å². The second-order valence-corrected chi connectivity index (χ2v) is 13.2. The molecule has 3 fully saturated rings. The first-order chi connectivity index (χ1) is 15.3. The fourth-order valence-electron chi connectivity index (χ4n) is 9.34. The highest BCUT2D eigenvalue weighted by molar-refractivity contribution is 5.92. The summed E-state index contributed by atoms with van der Waals surface area (Å²) in [5.41, 5.74) is 2.89. The molecule has 4 aliphatic carbocycles. The number of allylic oxidation sites excluding steroid dienone is 4. The van der Waals surface area contributed by atoms with Gasteiger partial charge in [-0.2, -0.15) is 0 Å². The number of hydrogen-bond acceptors (Lipinski definition) is 3. The summed E-state index contributed by atoms with van der Waals surface area (Å²) < 4.78 is 5.48. The minimum Gasteiger partial charge on any atom is -0.423 e. The third-order valence-electron chi connectivity index (χ3n) is 11.6. The molecule has 0 N–H and O–H groups in total. The van der Waals surface area contributed by atoms with Gasteiger partial charge in [-0.1, -0.05) is 53.2 Å². The van der Waals surface area contributed by atoms with Crippen LogP contribution in [0.1, 0.15) is 93.4 Å². The topological polar surface area (TPSA) is 43.4 Å². The molecule has 7 atom stereocenters. The summed E-state index contributed by atoms with van der Waals surface area (Å²) in [6.07, 6.45) is 14.5. The third kappa shape index (κ3) is 2.99. The molecule has 3 saturated carbocycles. The van der Waals surface area contributed by atoms with E-state index in [0.717, 1.165) is 25.0 Å². The van der Waals surface area contributed by atoms with Crippen LogP contribution in [0.3, 0.4) is 0 Å². The first-order valence-electron chi connectivity index (χ1n) is 13.2. The lowest BCUT2D eigenvalue weighted by molar-refractivity contribution is -0.146. The Labute approximate surface area is 200 Å². The SMILES string of the molecule is CC1=C/C(=C\C(C)C2CCC3(C)C4=CCC5C(C)(C)C(=O)CCC5(C)C4CCC23C)OC1=O. The standard InChI is InChI=1S/C30H42O3/c1-18(16-20-17-19(2)26(32)33-20)21-10-14-30(7)23-8-9-24-27(3,4)25(31)12-13-28(24,5)22(23)11-15-29(21,30)6/h8,16-18,21-22,24H,9-15H2,1-7H3/b20-16+. The summed E-state index contributed by atoms with van der Waals surface area (Å²) in [7, 11) is 0. The molecule has 0 saturated heterocycles. The molecule has 5 rings (SSSR count). The molecule has 1 aliphatic heterocycles. The second kappa shape index (κ2) is 7.18. The van der Waals surface area contributed by atoms with Crippen molar-refractivity contribution in [1.82, 2.24) is 0 Å². The van der Waals surface area contributed by atoms with Crippen LogP contribution in [0.15, 0.2) is 35.1 Å². The van der Waals surface area contributed by atoms with E-state index < -0.39 is 0 Å². The van der Waals surface area contributed by atoms with Gasteiger partial charge in [0.1, 0.15) is 11.5 Å². The second-order valence-electron chi connectivity index (χ2n) is 13.2. The smallest absolute Gasteiger partial charge is 0.339 e. The molecule has 0 spiro atoms. The van der Waals surface area contributed by atoms with Crippen LogP contribution in [0.2, 0.25) is 0 Å². The molecule has 5 aliphatic rings. The Morgan fingerprint density at radius 2 is 1.79 bits per heavy atom. The highest BCUT2D eigenvalue weighted by Crippen LogP contribution is 2.73. The number of hydrogen-bond donors (Lipinski definition) is 0. The number of ether oxygens (including phenoxy) is 1. The van der Waals surface area contributed by atoms with E-state index in [1.54, 1.807) is 5.57 Å². The maximum Gasteiger partial charge on any atom is 0.339 e. The first kappa shape index (κ1) is 23.1. The largest absolute Gasteiger partial charge is 0.423 e. The summed E-state index contributed by atoms with van der Waals surface area (Å²) in [6.45, 7) is 16.2. The van der Waals surface area contributed by atoms with Crippen molar-refractivity contribution >= 4 is 11.8 Å². The van der Waals surface area contributed by atoms with Gasteiger partial charge >= 0.3 is 5.97 Å². The Bertz CT molecular complexity index is 996. The normalized spacial score (nSPS) is 46.2. The van der Waals surface area contributed by atoms with Crippen LogP contribution < -0.4 is 0 Å². The quantitative estimate of drug-likeness (QED) is 0.330. The lowest BCUT2D eigenvalue weighted by Crippen LogP contribution is -2.57. The summed E-state index contributed by atoms with van der Waals surface area (Å²) in [5, 5.41) is 0. The Morgan fingerprint density at radius 1 is 1.06 bits per heavy atom. The van der Waals surface area contributed by atoms with E-state index in [1.165, 1.54) is 25.7 Å². The first-order valence-corrected chi connectivity index (χ1v) is 13.2. The Kier molecular flexibility index (Phi) is 5.03. The van der Waals surface area contributed by atoms with Crippen molar-refractivity contribution in [2.45, 2.75) is 93.4 Å². The molecule has 33 heavy (non-hydrogen) atoms. The van der Waals surface area contributed by atoms with E-state index in [9.17, 15) is 9.59 Å². The number of rotatable bonds is 2. The van der Waals surface area contributed by atoms with Crippen molar-refractivity contribution in [2.75, 3.05) is 0 Å². The molecule has 0 amide bonds. The van der Waals surface area contributed by atoms with Crippen LogP contribution in [-0.2, 0) is 14.3 Å². The van der Waals surface area contributed by atoms with Gasteiger partial charge in [-0.05, 0) is 97.5 Å². The van der Waals surface area contributed by atoms with Crippen LogP contribution in [0.5, 0.6) is 0 Å². The van der Waals surface area contributed by atoms with Gasteiger partial charge in [0.2, 0.25) is 0 Å². The summed E-state index contributed by atoms with van der Waals surface area (Å²) in [4.78, 5) is 24.6. The highest BCUT2D eigenvalue weighted by atomic mass is 16.5. The maximum atomic E-state index is 12.8. The van der Waals surface area contributed by atoms with Crippen molar-refractivity contribution in [3.05, 3.63) is 35.1 Å². The van der Waals surface area contributed by atoms with Crippen LogP contribution in [0, 0.1) is 45.3 Å². The maximum absolute atomic E-state index is 12.8. The molecule has 0 radical (unpaired) electrons. The molecular weight excluding hydrogens is 408 g/mol. The van der Waals surface area contributed by atoms with Gasteiger partial charge in [-0.15, -0.1) is 0 Å². The Morgan fingerprint density at radius 3 is 2.45 bits per heavy atom. The lowest BCUT2D eigenvalue weighted by atomic mass is 9.41. The van der Waals surface area contributed by atoms with Gasteiger partial charge in [0.05, 0.1) is 0 Å². The van der Waals surface area contributed by atoms with Crippen molar-refractivity contribution < 1.29 is 14.3 Å². The van der Waals surface area contributed by atoms with Crippen molar-refractivity contribution in [3.63, 3.8) is 0 Å². The monoisotopic (exact) mass is 450 g/mol. The molecular formula is C30H42O3. The molecule has 0 aromatic carbocycles. The van der Waals surface area contributed by atoms with Gasteiger partial charge in [0.25, 0.3) is 0 Å². The molecule has 3 nitrogen and oxygen atoms in total. The summed E-state index contributed by atoms with van der Waals surface area (Å²) in [6, 6.07) is 0. The Balaban J connectivity index is 1.47. The summed E-state index contributed by atoms with van der Waals surface area (Å²) >= 11 is 0. The average molecular weight is 451 g/mol. The predicted molar refractivity (Wildman–Crippen MR) is 131 cm³/mol. The zero-order valence-electron chi connectivity index (χ0n) is 21.7. The number of esters is 1. The van der Waals surface area contributed by atoms with Gasteiger partial charge in [-0.25, -0.2) is 4.79 Å². The number of Topliss-reactive ketones (excluding diaryl/α,β-unsaturated/α-hetero) is 1. The fraction of sp³-hybridized carbons (Fsp3) is 0.733. The zero-order chi connectivity index (χ0) is 24.0. The number of ketones is 1. The van der Waals surface area contributed by atoms with Gasteiger partial charge in [-0.3, -0.25) is 4.79 Å². The van der Waals surface area contributed by atoms with Gasteiger partial charge in [0.15, 0.2) is 0 Å².